The van der Waals surface area contributed by atoms with Crippen LogP contribution in [-0.4, -0.2) is 0 Å². The van der Waals surface area contributed by atoms with Crippen LogP contribution in [0.3, 0.4) is 0 Å². The van der Waals surface area contributed by atoms with Gasteiger partial charge in [-0.25, -0.2) is 0 Å². The van der Waals surface area contributed by atoms with Crippen LogP contribution in [0.2, 0.25) is 0 Å². The van der Waals surface area contributed by atoms with E-state index in [1.54, 1.807) is 24.3 Å². The standard InChI is InChI=1S/C13H12O/c1-11-6-5-9-13(10-11)14-12-7-3-2-4-8-12/h2-10H,1H3/i1D3. The molecular weight excluding hydrogens is 172 g/mol. The molecule has 0 unspecified atom stereocenters. The minimum atomic E-state index is -2.10. The molecule has 0 spiro atoms. The molecule has 0 radical (unpaired) electrons. The van der Waals surface area contributed by atoms with E-state index in [0.717, 1.165) is 0 Å². The monoisotopic (exact) mass is 187 g/mol. The molecule has 0 atom stereocenters. The summed E-state index contributed by atoms with van der Waals surface area (Å²) in [7, 11) is 0. The van der Waals surface area contributed by atoms with Crippen LogP contribution >= 0.6 is 0 Å². The number of hydrogen-bond donors (Lipinski definition) is 0. The maximum absolute atomic E-state index is 7.33. The molecule has 0 bridgehead atoms. The summed E-state index contributed by atoms with van der Waals surface area (Å²) < 4.78 is 27.5. The van der Waals surface area contributed by atoms with Gasteiger partial charge in [-0.2, -0.15) is 0 Å². The first-order chi connectivity index (χ1) is 8.05. The molecule has 0 aliphatic heterocycles. The Labute approximate surface area is 88.2 Å². The van der Waals surface area contributed by atoms with Gasteiger partial charge >= 0.3 is 0 Å². The van der Waals surface area contributed by atoms with Gasteiger partial charge in [0.25, 0.3) is 0 Å². The summed E-state index contributed by atoms with van der Waals surface area (Å²) in [5.74, 6) is 1.22. The van der Waals surface area contributed by atoms with Crippen LogP contribution in [-0.2, 0) is 0 Å². The highest BCUT2D eigenvalue weighted by Crippen LogP contribution is 2.21. The van der Waals surface area contributed by atoms with E-state index < -0.39 is 6.85 Å². The summed E-state index contributed by atoms with van der Waals surface area (Å²) in [4.78, 5) is 0. The summed E-state index contributed by atoms with van der Waals surface area (Å²) in [5.41, 5.74) is 0.283. The van der Waals surface area contributed by atoms with E-state index in [4.69, 9.17) is 8.85 Å². The van der Waals surface area contributed by atoms with Gasteiger partial charge in [-0.3, -0.25) is 0 Å². The molecule has 0 saturated heterocycles. The van der Waals surface area contributed by atoms with Crippen LogP contribution in [0.25, 0.3) is 0 Å². The van der Waals surface area contributed by atoms with E-state index in [1.165, 1.54) is 0 Å². The van der Waals surface area contributed by atoms with Gasteiger partial charge in [0.05, 0.1) is 0 Å². The summed E-state index contributed by atoms with van der Waals surface area (Å²) >= 11 is 0. The molecule has 0 N–H and O–H groups in total. The average molecular weight is 187 g/mol. The molecule has 2 aromatic rings. The van der Waals surface area contributed by atoms with Crippen LogP contribution in [0.1, 0.15) is 9.68 Å². The predicted octanol–water partition coefficient (Wildman–Crippen LogP) is 3.79. The second-order valence-electron chi connectivity index (χ2n) is 2.94. The molecule has 0 aliphatic carbocycles. The molecule has 1 nitrogen and oxygen atoms in total. The Balaban J connectivity index is 2.23. The van der Waals surface area contributed by atoms with Gasteiger partial charge in [-0.05, 0) is 36.7 Å². The van der Waals surface area contributed by atoms with E-state index in [2.05, 4.69) is 0 Å². The normalized spacial score (nSPS) is 13.9. The first kappa shape index (κ1) is 5.86. The molecule has 14 heavy (non-hydrogen) atoms. The fraction of sp³-hybridized carbons (Fsp3) is 0.0769. The van der Waals surface area contributed by atoms with Gasteiger partial charge in [0, 0.05) is 4.11 Å². The lowest BCUT2D eigenvalue weighted by Crippen LogP contribution is -1.83. The fourth-order valence-corrected chi connectivity index (χ4v) is 1.18. The maximum Gasteiger partial charge on any atom is 0.127 e. The Morgan fingerprint density at radius 1 is 0.929 bits per heavy atom. The van der Waals surface area contributed by atoms with Crippen LogP contribution in [0, 0.1) is 6.85 Å². The predicted molar refractivity (Wildman–Crippen MR) is 57.7 cm³/mol. The molecular formula is C13H12O. The second kappa shape index (κ2) is 3.97. The molecule has 1 heteroatoms. The van der Waals surface area contributed by atoms with Crippen molar-refractivity contribution in [2.75, 3.05) is 0 Å². The van der Waals surface area contributed by atoms with Crippen molar-refractivity contribution < 1.29 is 8.85 Å². The van der Waals surface area contributed by atoms with Crippen molar-refractivity contribution in [2.24, 2.45) is 0 Å². The van der Waals surface area contributed by atoms with Gasteiger partial charge in [0.2, 0.25) is 0 Å². The average Bonchev–Trinajstić information content (AvgIpc) is 2.29. The second-order valence-corrected chi connectivity index (χ2v) is 2.94. The van der Waals surface area contributed by atoms with Crippen LogP contribution < -0.4 is 4.74 Å². The van der Waals surface area contributed by atoms with Crippen LogP contribution in [0.4, 0.5) is 0 Å². The molecule has 0 saturated carbocycles. The highest BCUT2D eigenvalue weighted by Gasteiger charge is 1.95. The molecule has 70 valence electrons. The van der Waals surface area contributed by atoms with E-state index in [-0.39, 0.29) is 5.56 Å². The van der Waals surface area contributed by atoms with Crippen molar-refractivity contribution in [3.05, 3.63) is 60.2 Å². The van der Waals surface area contributed by atoms with Crippen molar-refractivity contribution in [2.45, 2.75) is 6.85 Å². The quantitative estimate of drug-likeness (QED) is 0.695. The largest absolute Gasteiger partial charge is 0.457 e. The lowest BCUT2D eigenvalue weighted by atomic mass is 10.2. The number of benzene rings is 2. The van der Waals surface area contributed by atoms with E-state index in [9.17, 15) is 0 Å². The zero-order valence-corrected chi connectivity index (χ0v) is 7.60. The van der Waals surface area contributed by atoms with Crippen molar-refractivity contribution >= 4 is 0 Å². The maximum atomic E-state index is 7.33. The van der Waals surface area contributed by atoms with Crippen molar-refractivity contribution in [1.82, 2.24) is 0 Å². The number of ether oxygens (including phenoxy) is 1. The molecule has 2 rings (SSSR count). The minimum Gasteiger partial charge on any atom is -0.457 e. The highest BCUT2D eigenvalue weighted by atomic mass is 16.5. The Hall–Kier alpha value is -1.76. The van der Waals surface area contributed by atoms with Crippen molar-refractivity contribution in [3.63, 3.8) is 0 Å². The van der Waals surface area contributed by atoms with Crippen molar-refractivity contribution in [3.8, 4) is 11.5 Å². The first-order valence-electron chi connectivity index (χ1n) is 5.89. The Morgan fingerprint density at radius 2 is 1.71 bits per heavy atom. The third-order valence-electron chi connectivity index (χ3n) is 1.81. The summed E-state index contributed by atoms with van der Waals surface area (Å²) in [6.45, 7) is -2.10. The Morgan fingerprint density at radius 3 is 2.50 bits per heavy atom. The minimum absolute atomic E-state index is 0.283. The summed E-state index contributed by atoms with van der Waals surface area (Å²) in [5, 5.41) is 0. The van der Waals surface area contributed by atoms with Gasteiger partial charge < -0.3 is 4.74 Å². The third-order valence-corrected chi connectivity index (χ3v) is 1.81. The van der Waals surface area contributed by atoms with Crippen LogP contribution in [0.5, 0.6) is 11.5 Å². The summed E-state index contributed by atoms with van der Waals surface area (Å²) in [6.07, 6.45) is 0. The lowest BCUT2D eigenvalue weighted by molar-refractivity contribution is 0.482. The summed E-state index contributed by atoms with van der Waals surface area (Å²) in [6, 6.07) is 15.8. The topological polar surface area (TPSA) is 9.23 Å². The number of hydrogen-bond acceptors (Lipinski definition) is 1. The molecule has 0 fully saturated rings. The number of rotatable bonds is 2. The van der Waals surface area contributed by atoms with Crippen LogP contribution in [0.15, 0.2) is 54.6 Å². The first-order valence-corrected chi connectivity index (χ1v) is 4.39. The van der Waals surface area contributed by atoms with Gasteiger partial charge in [-0.15, -0.1) is 0 Å². The van der Waals surface area contributed by atoms with Crippen molar-refractivity contribution in [1.29, 1.82) is 0 Å². The molecule has 0 amide bonds. The molecule has 0 aliphatic rings. The van der Waals surface area contributed by atoms with Gasteiger partial charge in [0.1, 0.15) is 11.5 Å². The third kappa shape index (κ3) is 2.13. The number of aryl methyl sites for hydroxylation is 1. The lowest BCUT2D eigenvalue weighted by Gasteiger charge is -2.05. The zero-order valence-electron chi connectivity index (χ0n) is 10.6. The van der Waals surface area contributed by atoms with E-state index in [1.807, 2.05) is 30.3 Å². The highest BCUT2D eigenvalue weighted by molar-refractivity contribution is 5.33. The Kier molecular flexibility index (Phi) is 1.66. The van der Waals surface area contributed by atoms with Gasteiger partial charge in [-0.1, -0.05) is 30.3 Å². The zero-order chi connectivity index (χ0) is 12.3. The molecule has 2 aromatic carbocycles. The SMILES string of the molecule is [2H]C([2H])([2H])c1cccc(Oc2ccccc2)c1. The van der Waals surface area contributed by atoms with E-state index in [0.29, 0.717) is 11.5 Å². The Bertz CT molecular complexity index is 492. The molecule has 0 heterocycles. The fourth-order valence-electron chi connectivity index (χ4n) is 1.18. The van der Waals surface area contributed by atoms with Gasteiger partial charge in [0.15, 0.2) is 0 Å². The van der Waals surface area contributed by atoms with E-state index >= 15 is 0 Å². The number of para-hydroxylation sites is 1. The smallest absolute Gasteiger partial charge is 0.127 e. The molecule has 0 aromatic heterocycles.